The first-order chi connectivity index (χ1) is 23.8. The third-order valence-electron chi connectivity index (χ3n) is 9.93. The number of aliphatic hydroxyl groups is 3. The van der Waals surface area contributed by atoms with Gasteiger partial charge in [0.25, 0.3) is 17.5 Å². The van der Waals surface area contributed by atoms with Gasteiger partial charge in [0.2, 0.25) is 5.78 Å². The quantitative estimate of drug-likeness (QED) is 0.220. The molecule has 276 valence electrons. The zero-order valence-corrected chi connectivity index (χ0v) is 30.0. The number of ketones is 3. The van der Waals surface area contributed by atoms with Gasteiger partial charge in [-0.15, -0.1) is 0 Å². The molecule has 5 rings (SSSR count). The van der Waals surface area contributed by atoms with Crippen molar-refractivity contribution in [1.82, 2.24) is 5.32 Å². The summed E-state index contributed by atoms with van der Waals surface area (Å²) in [5.74, 6) is -11.5. The Morgan fingerprint density at radius 1 is 0.902 bits per heavy atom. The van der Waals surface area contributed by atoms with E-state index in [2.05, 4.69) is 5.32 Å². The lowest BCUT2D eigenvalue weighted by Gasteiger charge is -2.38. The summed E-state index contributed by atoms with van der Waals surface area (Å²) in [4.78, 5) is 66.0. The molecule has 1 aromatic rings. The summed E-state index contributed by atoms with van der Waals surface area (Å²) in [6.45, 7) is 12.0. The number of aliphatic hydroxyl groups excluding tert-OH is 3. The van der Waals surface area contributed by atoms with E-state index in [0.29, 0.717) is 0 Å². The molecular formula is C37H45NO13. The van der Waals surface area contributed by atoms with Crippen LogP contribution in [0.3, 0.4) is 0 Å². The van der Waals surface area contributed by atoms with Crippen LogP contribution < -0.4 is 10.1 Å². The zero-order chi connectivity index (χ0) is 38.3. The van der Waals surface area contributed by atoms with Crippen LogP contribution in [0.1, 0.15) is 80.3 Å². The number of ether oxygens (including phenoxy) is 4. The van der Waals surface area contributed by atoms with Crippen molar-refractivity contribution in [3.05, 3.63) is 64.1 Å². The first-order valence-electron chi connectivity index (χ1n) is 16.5. The Labute approximate surface area is 295 Å². The van der Waals surface area contributed by atoms with Crippen LogP contribution in [0.5, 0.6) is 11.5 Å². The van der Waals surface area contributed by atoms with Crippen molar-refractivity contribution in [1.29, 1.82) is 0 Å². The molecule has 0 aromatic heterocycles. The molecule has 5 bridgehead atoms. The number of Topliss-reactive ketones (excluding diaryl/α,β-unsaturated/α-hetero) is 3. The van der Waals surface area contributed by atoms with Crippen molar-refractivity contribution in [2.24, 2.45) is 23.7 Å². The number of amides is 1. The van der Waals surface area contributed by atoms with Crippen molar-refractivity contribution >= 4 is 35.0 Å². The van der Waals surface area contributed by atoms with Crippen molar-refractivity contribution in [2.75, 3.05) is 7.11 Å². The monoisotopic (exact) mass is 711 g/mol. The highest BCUT2D eigenvalue weighted by Gasteiger charge is 2.53. The molecule has 0 unspecified atom stereocenters. The molecule has 0 saturated heterocycles. The first kappa shape index (κ1) is 39.0. The summed E-state index contributed by atoms with van der Waals surface area (Å²) in [5, 5.41) is 47.1. The second-order valence-electron chi connectivity index (χ2n) is 13.5. The summed E-state index contributed by atoms with van der Waals surface area (Å²) in [6.07, 6.45) is 3.05. The van der Waals surface area contributed by atoms with Gasteiger partial charge in [0.1, 0.15) is 23.3 Å². The third kappa shape index (κ3) is 7.08. The average Bonchev–Trinajstić information content (AvgIpc) is 3.35. The van der Waals surface area contributed by atoms with Gasteiger partial charge < -0.3 is 44.7 Å². The summed E-state index contributed by atoms with van der Waals surface area (Å²) < 4.78 is 23.0. The standard InChI is InChI=1S/C37H45NO13/c1-15-11-10-12-16(2)36(47)38-26-30(43)24-23(31(44)32(26)45)25-34(20(6)29(24)42)51-37(8,35(25)46)49-14-13-22(48-9)17(3)33(50-21(7)39)19(5)28(41)18(4)27(15)40/h10-15,17-19,22,27-28,33,40-43H,1-9H3,(H,38,47)/b11-10-,14-13-,16-12-/t15-,17+,18+,19+,22-,27-,28+,33+,37-/m0/s1. The first-order valence-corrected chi connectivity index (χ1v) is 16.5. The minimum Gasteiger partial charge on any atom is -0.507 e. The number of nitrogens with one attached hydrogen (secondary N) is 1. The van der Waals surface area contributed by atoms with Crippen LogP contribution in [0.25, 0.3) is 5.76 Å². The van der Waals surface area contributed by atoms with Crippen molar-refractivity contribution in [3.8, 4) is 11.5 Å². The molecule has 9 atom stereocenters. The van der Waals surface area contributed by atoms with E-state index in [9.17, 15) is 44.4 Å². The summed E-state index contributed by atoms with van der Waals surface area (Å²) >= 11 is 0. The van der Waals surface area contributed by atoms with Gasteiger partial charge in [0.15, 0.2) is 5.76 Å². The van der Waals surface area contributed by atoms with E-state index in [1.807, 2.05) is 0 Å². The molecule has 0 radical (unpaired) electrons. The van der Waals surface area contributed by atoms with Gasteiger partial charge in [-0.2, -0.15) is 0 Å². The highest BCUT2D eigenvalue weighted by Crippen LogP contribution is 2.49. The predicted molar refractivity (Wildman–Crippen MR) is 181 cm³/mol. The Hall–Kier alpha value is -4.79. The van der Waals surface area contributed by atoms with Gasteiger partial charge in [-0.05, 0) is 19.9 Å². The van der Waals surface area contributed by atoms with Gasteiger partial charge in [0, 0.05) is 55.8 Å². The van der Waals surface area contributed by atoms with Crippen LogP contribution in [-0.4, -0.2) is 87.0 Å². The summed E-state index contributed by atoms with van der Waals surface area (Å²) in [7, 11) is 1.40. The Morgan fingerprint density at radius 3 is 2.16 bits per heavy atom. The maximum atomic E-state index is 13.9. The van der Waals surface area contributed by atoms with E-state index >= 15 is 0 Å². The Kier molecular flexibility index (Phi) is 11.3. The number of carbonyl (C=O) groups is 5. The van der Waals surface area contributed by atoms with Crippen molar-refractivity contribution in [3.63, 3.8) is 0 Å². The van der Waals surface area contributed by atoms with Gasteiger partial charge >= 0.3 is 11.8 Å². The van der Waals surface area contributed by atoms with Crippen molar-refractivity contribution < 1.29 is 63.3 Å². The molecular weight excluding hydrogens is 666 g/mol. The number of hydrogen-bond donors (Lipinski definition) is 5. The lowest BCUT2D eigenvalue weighted by Crippen LogP contribution is -2.46. The largest absolute Gasteiger partial charge is 0.507 e. The highest BCUT2D eigenvalue weighted by atomic mass is 16.7. The van der Waals surface area contributed by atoms with Crippen molar-refractivity contribution in [2.45, 2.75) is 85.6 Å². The molecule has 1 aliphatic carbocycles. The lowest BCUT2D eigenvalue weighted by atomic mass is 9.78. The van der Waals surface area contributed by atoms with Crippen LogP contribution >= 0.6 is 0 Å². The SMILES string of the molecule is CO[C@H]1/C=C\O[C@@]2(C)Oc3c(C)c(O)c4c(c3C2=O)C(=O)C(=O)C(=C4O)NC(=O)/C(C)=C\C=C/[C@H](C)[C@H](O)[C@@H](C)[C@@H](O)[C@@H](C)[C@H](OC(C)=O)[C@@H]1C. The molecule has 1 aromatic carbocycles. The zero-order valence-electron chi connectivity index (χ0n) is 30.0. The Bertz CT molecular complexity index is 1770. The molecule has 5 N–H and O–H groups in total. The molecule has 14 nitrogen and oxygen atoms in total. The molecule has 0 fully saturated rings. The second-order valence-corrected chi connectivity index (χ2v) is 13.5. The van der Waals surface area contributed by atoms with Crippen LogP contribution in [0.2, 0.25) is 0 Å². The van der Waals surface area contributed by atoms with Gasteiger partial charge in [-0.25, -0.2) is 0 Å². The minimum atomic E-state index is -2.12. The second kappa shape index (κ2) is 14.8. The van der Waals surface area contributed by atoms with Crippen LogP contribution in [0, 0.1) is 30.6 Å². The van der Waals surface area contributed by atoms with E-state index < -0.39 is 117 Å². The number of phenols is 1. The molecule has 51 heavy (non-hydrogen) atoms. The van der Waals surface area contributed by atoms with Gasteiger partial charge in [0.05, 0.1) is 41.3 Å². The normalized spacial score (nSPS) is 34.2. The minimum absolute atomic E-state index is 0.0419. The fourth-order valence-corrected chi connectivity index (χ4v) is 6.68. The van der Waals surface area contributed by atoms with E-state index in [0.717, 1.165) is 6.26 Å². The van der Waals surface area contributed by atoms with Crippen LogP contribution in [0.15, 0.2) is 41.8 Å². The highest BCUT2D eigenvalue weighted by molar-refractivity contribution is 6.53. The van der Waals surface area contributed by atoms with E-state index in [1.54, 1.807) is 33.8 Å². The average molecular weight is 712 g/mol. The number of benzene rings is 1. The summed E-state index contributed by atoms with van der Waals surface area (Å²) in [6, 6.07) is 0. The number of aromatic hydroxyl groups is 1. The summed E-state index contributed by atoms with van der Waals surface area (Å²) in [5.41, 5.74) is -2.34. The molecule has 3 aliphatic heterocycles. The smallest absolute Gasteiger partial charge is 0.312 e. The van der Waals surface area contributed by atoms with Crippen LogP contribution in [0.4, 0.5) is 0 Å². The predicted octanol–water partition coefficient (Wildman–Crippen LogP) is 3.36. The number of phenolic OH excluding ortho intramolecular Hbond substituents is 1. The number of allylic oxidation sites excluding steroid dienone is 3. The number of fused-ring (bicyclic) bond motifs is 14. The maximum absolute atomic E-state index is 13.9. The van der Waals surface area contributed by atoms with E-state index in [4.69, 9.17) is 18.9 Å². The Balaban J connectivity index is 1.88. The Morgan fingerprint density at radius 2 is 1.55 bits per heavy atom. The van der Waals surface area contributed by atoms with Gasteiger partial charge in [-0.1, -0.05) is 45.9 Å². The lowest BCUT2D eigenvalue weighted by molar-refractivity contribution is -0.160. The maximum Gasteiger partial charge on any atom is 0.312 e. The number of rotatable bonds is 2. The number of hydrogen-bond acceptors (Lipinski definition) is 13. The molecule has 0 saturated carbocycles. The fraction of sp³-hybridized carbons (Fsp3) is 0.486. The molecule has 3 heterocycles. The number of methoxy groups -OCH3 is 1. The number of carbonyl (C=O) groups excluding carboxylic acids is 5. The fourth-order valence-electron chi connectivity index (χ4n) is 6.68. The van der Waals surface area contributed by atoms with Gasteiger partial charge in [-0.3, -0.25) is 24.0 Å². The topological polar surface area (TPSA) is 215 Å². The number of esters is 1. The molecule has 0 spiro atoms. The third-order valence-corrected chi connectivity index (χ3v) is 9.93. The van der Waals surface area contributed by atoms with Crippen LogP contribution in [-0.2, 0) is 28.6 Å². The van der Waals surface area contributed by atoms with E-state index in [-0.39, 0.29) is 16.9 Å². The molecule has 4 aliphatic rings. The molecule has 14 heteroatoms. The molecule has 1 amide bonds. The van der Waals surface area contributed by atoms with E-state index in [1.165, 1.54) is 53.0 Å².